The van der Waals surface area contributed by atoms with Crippen molar-refractivity contribution < 1.29 is 9.00 Å². The molecular formula is C11H17N3O2S. The molecule has 0 saturated carbocycles. The molecule has 0 aliphatic heterocycles. The number of anilines is 2. The molecule has 0 heterocycles. The van der Waals surface area contributed by atoms with Gasteiger partial charge in [0, 0.05) is 40.7 Å². The summed E-state index contributed by atoms with van der Waals surface area (Å²) in [6.07, 6.45) is 2.35. The molecule has 0 bridgehead atoms. The van der Waals surface area contributed by atoms with Crippen LogP contribution in [0, 0.1) is 0 Å². The first kappa shape index (κ1) is 13.5. The van der Waals surface area contributed by atoms with Crippen molar-refractivity contribution in [1.82, 2.24) is 5.32 Å². The number of nitrogens with two attached hydrogens (primary N) is 1. The van der Waals surface area contributed by atoms with Gasteiger partial charge in [0.15, 0.2) is 0 Å². The Balaban J connectivity index is 2.27. The number of nitrogens with one attached hydrogen (secondary N) is 2. The lowest BCUT2D eigenvalue weighted by atomic mass is 10.3. The van der Waals surface area contributed by atoms with Crippen molar-refractivity contribution >= 4 is 28.2 Å². The maximum atomic E-state index is 11.4. The van der Waals surface area contributed by atoms with Crippen molar-refractivity contribution in [3.63, 3.8) is 0 Å². The lowest BCUT2D eigenvalue weighted by Gasteiger charge is -2.07. The predicted molar refractivity (Wildman–Crippen MR) is 71.4 cm³/mol. The highest BCUT2D eigenvalue weighted by atomic mass is 32.2. The fourth-order valence-corrected chi connectivity index (χ4v) is 1.82. The average molecular weight is 255 g/mol. The minimum atomic E-state index is -0.810. The summed E-state index contributed by atoms with van der Waals surface area (Å²) in [5.41, 5.74) is 6.84. The molecule has 6 heteroatoms. The maximum Gasteiger partial charge on any atom is 0.319 e. The van der Waals surface area contributed by atoms with Crippen LogP contribution in [0.25, 0.3) is 0 Å². The first-order chi connectivity index (χ1) is 8.08. The maximum absolute atomic E-state index is 11.4. The lowest BCUT2D eigenvalue weighted by molar-refractivity contribution is 0.252. The summed E-state index contributed by atoms with van der Waals surface area (Å²) in [5.74, 6) is 0.596. The number of carbonyl (C=O) groups excluding carboxylic acids is 1. The Kier molecular flexibility index (Phi) is 5.48. The minimum Gasteiger partial charge on any atom is -0.399 e. The molecule has 0 saturated heterocycles. The highest BCUT2D eigenvalue weighted by molar-refractivity contribution is 7.84. The van der Waals surface area contributed by atoms with E-state index in [1.54, 1.807) is 30.5 Å². The second kappa shape index (κ2) is 6.90. The molecule has 0 aliphatic rings. The zero-order valence-electron chi connectivity index (χ0n) is 9.73. The number of hydrogen-bond acceptors (Lipinski definition) is 3. The lowest BCUT2D eigenvalue weighted by Crippen LogP contribution is -2.30. The minimum absolute atomic E-state index is 0.280. The summed E-state index contributed by atoms with van der Waals surface area (Å²) in [7, 11) is -0.810. The molecule has 0 radical (unpaired) electrons. The van der Waals surface area contributed by atoms with Gasteiger partial charge in [0.1, 0.15) is 0 Å². The zero-order chi connectivity index (χ0) is 12.7. The van der Waals surface area contributed by atoms with E-state index >= 15 is 0 Å². The highest BCUT2D eigenvalue weighted by Gasteiger charge is 2.01. The fourth-order valence-electron chi connectivity index (χ4n) is 1.27. The van der Waals surface area contributed by atoms with Crippen molar-refractivity contribution in [2.45, 2.75) is 6.42 Å². The number of urea groups is 1. The van der Waals surface area contributed by atoms with Crippen molar-refractivity contribution in [1.29, 1.82) is 0 Å². The molecular weight excluding hydrogens is 238 g/mol. The molecule has 2 amide bonds. The molecule has 0 fully saturated rings. The first-order valence-corrected chi connectivity index (χ1v) is 7.01. The number of carbonyl (C=O) groups is 1. The van der Waals surface area contributed by atoms with Crippen LogP contribution in [0.1, 0.15) is 6.42 Å². The predicted octanol–water partition coefficient (Wildman–Crippen LogP) is 1.16. The van der Waals surface area contributed by atoms with Crippen LogP contribution in [0.15, 0.2) is 24.3 Å². The molecule has 17 heavy (non-hydrogen) atoms. The molecule has 0 aromatic heterocycles. The molecule has 1 atom stereocenters. The number of benzene rings is 1. The van der Waals surface area contributed by atoms with Crippen LogP contribution in [-0.4, -0.2) is 28.8 Å². The molecule has 0 spiro atoms. The van der Waals surface area contributed by atoms with Crippen LogP contribution in [0.3, 0.4) is 0 Å². The van der Waals surface area contributed by atoms with Crippen LogP contribution in [0.2, 0.25) is 0 Å². The van der Waals surface area contributed by atoms with Gasteiger partial charge in [0.05, 0.1) is 0 Å². The van der Waals surface area contributed by atoms with Gasteiger partial charge in [-0.3, -0.25) is 4.21 Å². The second-order valence-corrected chi connectivity index (χ2v) is 5.19. The van der Waals surface area contributed by atoms with E-state index in [9.17, 15) is 9.00 Å². The molecule has 0 aliphatic carbocycles. The van der Waals surface area contributed by atoms with E-state index < -0.39 is 10.8 Å². The van der Waals surface area contributed by atoms with Crippen molar-refractivity contribution in [2.75, 3.05) is 29.6 Å². The van der Waals surface area contributed by atoms with Crippen LogP contribution in [0.5, 0.6) is 0 Å². The zero-order valence-corrected chi connectivity index (χ0v) is 10.5. The normalized spacial score (nSPS) is 11.8. The van der Waals surface area contributed by atoms with Crippen molar-refractivity contribution in [3.8, 4) is 0 Å². The SMILES string of the molecule is CS(=O)CCCNC(=O)Nc1cccc(N)c1. The van der Waals surface area contributed by atoms with Gasteiger partial charge < -0.3 is 16.4 Å². The Morgan fingerprint density at radius 3 is 2.88 bits per heavy atom. The molecule has 5 nitrogen and oxygen atoms in total. The van der Waals surface area contributed by atoms with Crippen LogP contribution in [-0.2, 0) is 10.8 Å². The average Bonchev–Trinajstić information content (AvgIpc) is 2.24. The summed E-state index contributed by atoms with van der Waals surface area (Å²) in [6.45, 7) is 0.508. The third kappa shape index (κ3) is 5.91. The van der Waals surface area contributed by atoms with Gasteiger partial charge in [0.25, 0.3) is 0 Å². The Bertz CT molecular complexity index is 409. The molecule has 4 N–H and O–H groups in total. The molecule has 1 unspecified atom stereocenters. The molecule has 94 valence electrons. The van der Waals surface area contributed by atoms with Gasteiger partial charge in [0.2, 0.25) is 0 Å². The van der Waals surface area contributed by atoms with E-state index in [-0.39, 0.29) is 6.03 Å². The summed E-state index contributed by atoms with van der Waals surface area (Å²) in [6, 6.07) is 6.68. The number of nitrogen functional groups attached to an aromatic ring is 1. The van der Waals surface area contributed by atoms with E-state index in [1.165, 1.54) is 0 Å². The summed E-state index contributed by atoms with van der Waals surface area (Å²) in [4.78, 5) is 11.4. The Labute approximate surface area is 103 Å². The van der Waals surface area contributed by atoms with Gasteiger partial charge in [-0.15, -0.1) is 0 Å². The van der Waals surface area contributed by atoms with E-state index in [2.05, 4.69) is 10.6 Å². The molecule has 1 aromatic rings. The van der Waals surface area contributed by atoms with Gasteiger partial charge in [-0.2, -0.15) is 0 Å². The van der Waals surface area contributed by atoms with Crippen molar-refractivity contribution in [3.05, 3.63) is 24.3 Å². The van der Waals surface area contributed by atoms with Crippen molar-refractivity contribution in [2.24, 2.45) is 0 Å². The Hall–Kier alpha value is -1.56. The van der Waals surface area contributed by atoms with Crippen LogP contribution >= 0.6 is 0 Å². The number of hydrogen-bond donors (Lipinski definition) is 3. The van der Waals surface area contributed by atoms with Gasteiger partial charge >= 0.3 is 6.03 Å². The quantitative estimate of drug-likeness (QED) is 0.545. The molecule has 1 rings (SSSR count). The van der Waals surface area contributed by atoms with E-state index in [1.807, 2.05) is 0 Å². The number of rotatable bonds is 5. The third-order valence-corrected chi connectivity index (χ3v) is 2.90. The Morgan fingerprint density at radius 2 is 2.24 bits per heavy atom. The van der Waals surface area contributed by atoms with Gasteiger partial charge in [-0.05, 0) is 24.6 Å². The van der Waals surface area contributed by atoms with Crippen LogP contribution < -0.4 is 16.4 Å². The summed E-state index contributed by atoms with van der Waals surface area (Å²) < 4.78 is 10.8. The first-order valence-electron chi connectivity index (χ1n) is 5.28. The third-order valence-electron chi connectivity index (χ3n) is 2.04. The van der Waals surface area contributed by atoms with E-state index in [0.29, 0.717) is 30.1 Å². The van der Waals surface area contributed by atoms with Gasteiger partial charge in [-0.25, -0.2) is 4.79 Å². The topological polar surface area (TPSA) is 84.2 Å². The highest BCUT2D eigenvalue weighted by Crippen LogP contribution is 2.11. The fraction of sp³-hybridized carbons (Fsp3) is 0.364. The summed E-state index contributed by atoms with van der Waals surface area (Å²) in [5, 5.41) is 5.35. The number of amides is 2. The van der Waals surface area contributed by atoms with Gasteiger partial charge in [-0.1, -0.05) is 6.07 Å². The largest absolute Gasteiger partial charge is 0.399 e. The monoisotopic (exact) mass is 255 g/mol. The summed E-state index contributed by atoms with van der Waals surface area (Å²) >= 11 is 0. The van der Waals surface area contributed by atoms with Crippen LogP contribution in [0.4, 0.5) is 16.2 Å². The Morgan fingerprint density at radius 1 is 1.47 bits per heavy atom. The molecule has 1 aromatic carbocycles. The standard InChI is InChI=1S/C11H17N3O2S/c1-17(16)7-3-6-13-11(15)14-10-5-2-4-9(12)8-10/h2,4-5,8H,3,6-7,12H2,1H3,(H2,13,14,15). The van der Waals surface area contributed by atoms with E-state index in [4.69, 9.17) is 5.73 Å². The smallest absolute Gasteiger partial charge is 0.319 e. The van der Waals surface area contributed by atoms with E-state index in [0.717, 1.165) is 0 Å². The second-order valence-electron chi connectivity index (χ2n) is 3.64.